The molecule has 3 aromatic rings. The zero-order valence-electron chi connectivity index (χ0n) is 12.3. The maximum absolute atomic E-state index is 9.84. The lowest BCUT2D eigenvalue weighted by molar-refractivity contribution is 0.477. The Bertz CT molecular complexity index is 792. The van der Waals surface area contributed by atoms with Gasteiger partial charge in [-0.25, -0.2) is 4.98 Å². The molecule has 0 saturated heterocycles. The third kappa shape index (κ3) is 3.04. The van der Waals surface area contributed by atoms with E-state index in [4.69, 9.17) is 0 Å². The molecule has 0 fully saturated rings. The summed E-state index contributed by atoms with van der Waals surface area (Å²) in [6.45, 7) is 0. The van der Waals surface area contributed by atoms with Gasteiger partial charge in [-0.2, -0.15) is 4.98 Å². The van der Waals surface area contributed by atoms with Crippen LogP contribution in [0.15, 0.2) is 48.5 Å². The highest BCUT2D eigenvalue weighted by Gasteiger charge is 2.10. The standard InChI is InChI=1S/C16H16N4O.ClH/c1-20(2)15-11-7-3-4-8-12(11)17-16(19-15)18-13-9-5-6-10-14(13)21;/h3-10,21H,1-2H3,(H,17,18,19);1H. The fourth-order valence-electron chi connectivity index (χ4n) is 2.16. The second-order valence-corrected chi connectivity index (χ2v) is 4.92. The third-order valence-electron chi connectivity index (χ3n) is 3.16. The van der Waals surface area contributed by atoms with E-state index in [-0.39, 0.29) is 18.2 Å². The summed E-state index contributed by atoms with van der Waals surface area (Å²) in [5.41, 5.74) is 1.44. The molecule has 22 heavy (non-hydrogen) atoms. The largest absolute Gasteiger partial charge is 0.506 e. The molecule has 0 spiro atoms. The summed E-state index contributed by atoms with van der Waals surface area (Å²) < 4.78 is 0. The smallest absolute Gasteiger partial charge is 0.229 e. The number of aromatic hydroxyl groups is 1. The second-order valence-electron chi connectivity index (χ2n) is 4.92. The SMILES string of the molecule is CN(C)c1nc(Nc2ccccc2O)nc2ccccc12.Cl. The van der Waals surface area contributed by atoms with E-state index < -0.39 is 0 Å². The maximum Gasteiger partial charge on any atom is 0.229 e. The van der Waals surface area contributed by atoms with Crippen LogP contribution in [0.5, 0.6) is 5.75 Å². The molecule has 114 valence electrons. The van der Waals surface area contributed by atoms with Gasteiger partial charge in [0.05, 0.1) is 11.2 Å². The Kier molecular flexibility index (Phi) is 4.68. The molecular formula is C16H17ClN4O. The molecule has 0 unspecified atom stereocenters. The normalized spacial score (nSPS) is 10.1. The van der Waals surface area contributed by atoms with E-state index in [1.54, 1.807) is 18.2 Å². The summed E-state index contributed by atoms with van der Waals surface area (Å²) in [5.74, 6) is 1.46. The molecule has 5 nitrogen and oxygen atoms in total. The van der Waals surface area contributed by atoms with E-state index in [1.165, 1.54) is 0 Å². The van der Waals surface area contributed by atoms with Crippen molar-refractivity contribution < 1.29 is 5.11 Å². The van der Waals surface area contributed by atoms with Crippen molar-refractivity contribution in [2.45, 2.75) is 0 Å². The van der Waals surface area contributed by atoms with Crippen molar-refractivity contribution >= 4 is 40.8 Å². The molecule has 0 bridgehead atoms. The highest BCUT2D eigenvalue weighted by Crippen LogP contribution is 2.28. The van der Waals surface area contributed by atoms with Crippen molar-refractivity contribution in [1.29, 1.82) is 0 Å². The molecule has 6 heteroatoms. The Morgan fingerprint density at radius 3 is 2.36 bits per heavy atom. The molecular weight excluding hydrogens is 300 g/mol. The topological polar surface area (TPSA) is 61.3 Å². The van der Waals surface area contributed by atoms with Crippen LogP contribution in [0.1, 0.15) is 0 Å². The fraction of sp³-hybridized carbons (Fsp3) is 0.125. The van der Waals surface area contributed by atoms with E-state index >= 15 is 0 Å². The van der Waals surface area contributed by atoms with E-state index in [0.717, 1.165) is 16.7 Å². The van der Waals surface area contributed by atoms with Gasteiger partial charge in [0.1, 0.15) is 11.6 Å². The van der Waals surface area contributed by atoms with Crippen molar-refractivity contribution in [3.63, 3.8) is 0 Å². The summed E-state index contributed by atoms with van der Waals surface area (Å²) in [6, 6.07) is 14.9. The summed E-state index contributed by atoms with van der Waals surface area (Å²) in [4.78, 5) is 11.0. The molecule has 0 saturated carbocycles. The average molecular weight is 317 g/mol. The number of phenolic OH excluding ortho intramolecular Hbond substituents is 1. The second kappa shape index (κ2) is 6.49. The molecule has 0 amide bonds. The van der Waals surface area contributed by atoms with Crippen molar-refractivity contribution in [2.75, 3.05) is 24.3 Å². The summed E-state index contributed by atoms with van der Waals surface area (Å²) in [5, 5.41) is 13.9. The molecule has 1 heterocycles. The van der Waals surface area contributed by atoms with Gasteiger partial charge < -0.3 is 15.3 Å². The number of hydrogen-bond donors (Lipinski definition) is 2. The van der Waals surface area contributed by atoms with Crippen LogP contribution in [0.25, 0.3) is 10.9 Å². The number of phenols is 1. The van der Waals surface area contributed by atoms with Crippen molar-refractivity contribution in [2.24, 2.45) is 0 Å². The number of halogens is 1. The number of aromatic nitrogens is 2. The summed E-state index contributed by atoms with van der Waals surface area (Å²) in [6.07, 6.45) is 0. The van der Waals surface area contributed by atoms with E-state index in [0.29, 0.717) is 11.6 Å². The number of anilines is 3. The minimum Gasteiger partial charge on any atom is -0.506 e. The van der Waals surface area contributed by atoms with Crippen LogP contribution in [0.4, 0.5) is 17.5 Å². The first-order valence-electron chi connectivity index (χ1n) is 6.64. The third-order valence-corrected chi connectivity index (χ3v) is 3.16. The highest BCUT2D eigenvalue weighted by molar-refractivity contribution is 5.90. The first-order valence-corrected chi connectivity index (χ1v) is 6.64. The highest BCUT2D eigenvalue weighted by atomic mass is 35.5. The van der Waals surface area contributed by atoms with Crippen LogP contribution < -0.4 is 10.2 Å². The summed E-state index contributed by atoms with van der Waals surface area (Å²) >= 11 is 0. The zero-order valence-corrected chi connectivity index (χ0v) is 13.1. The van der Waals surface area contributed by atoms with Gasteiger partial charge in [0.25, 0.3) is 0 Å². The lowest BCUT2D eigenvalue weighted by atomic mass is 10.2. The fourth-order valence-corrected chi connectivity index (χ4v) is 2.16. The summed E-state index contributed by atoms with van der Waals surface area (Å²) in [7, 11) is 3.89. The minimum absolute atomic E-state index is 0. The predicted octanol–water partition coefficient (Wildman–Crippen LogP) is 3.57. The van der Waals surface area contributed by atoms with E-state index in [1.807, 2.05) is 49.3 Å². The number of para-hydroxylation sites is 3. The lowest BCUT2D eigenvalue weighted by Gasteiger charge is -2.16. The molecule has 1 aromatic heterocycles. The molecule has 3 rings (SSSR count). The average Bonchev–Trinajstić information content (AvgIpc) is 2.48. The van der Waals surface area contributed by atoms with Gasteiger partial charge in [0.15, 0.2) is 0 Å². The van der Waals surface area contributed by atoms with Crippen molar-refractivity contribution in [1.82, 2.24) is 9.97 Å². The van der Waals surface area contributed by atoms with Gasteiger partial charge in [-0.3, -0.25) is 0 Å². The maximum atomic E-state index is 9.84. The van der Waals surface area contributed by atoms with Crippen LogP contribution in [0, 0.1) is 0 Å². The minimum atomic E-state index is 0. The molecule has 0 aliphatic rings. The van der Waals surface area contributed by atoms with Gasteiger partial charge >= 0.3 is 0 Å². The van der Waals surface area contributed by atoms with Crippen molar-refractivity contribution in [3.8, 4) is 5.75 Å². The first-order chi connectivity index (χ1) is 10.1. The number of benzene rings is 2. The number of fused-ring (bicyclic) bond motifs is 1. The number of rotatable bonds is 3. The molecule has 2 aromatic carbocycles. The molecule has 0 radical (unpaired) electrons. The Labute approximate surface area is 135 Å². The number of nitrogens with one attached hydrogen (secondary N) is 1. The van der Waals surface area contributed by atoms with Crippen LogP contribution in [0.3, 0.4) is 0 Å². The van der Waals surface area contributed by atoms with Crippen molar-refractivity contribution in [3.05, 3.63) is 48.5 Å². The van der Waals surface area contributed by atoms with E-state index in [2.05, 4.69) is 15.3 Å². The first kappa shape index (κ1) is 15.9. The Morgan fingerprint density at radius 2 is 1.64 bits per heavy atom. The lowest BCUT2D eigenvalue weighted by Crippen LogP contribution is -2.13. The molecule has 0 aliphatic carbocycles. The predicted molar refractivity (Wildman–Crippen MR) is 92.5 cm³/mol. The Morgan fingerprint density at radius 1 is 0.955 bits per heavy atom. The Balaban J connectivity index is 0.00000176. The van der Waals surface area contributed by atoms with Crippen LogP contribution in [-0.4, -0.2) is 29.2 Å². The van der Waals surface area contributed by atoms with Gasteiger partial charge in [-0.05, 0) is 24.3 Å². The molecule has 0 atom stereocenters. The number of hydrogen-bond acceptors (Lipinski definition) is 5. The van der Waals surface area contributed by atoms with Gasteiger partial charge in [0.2, 0.25) is 5.95 Å². The van der Waals surface area contributed by atoms with E-state index in [9.17, 15) is 5.11 Å². The monoisotopic (exact) mass is 316 g/mol. The number of nitrogens with zero attached hydrogens (tertiary/aromatic N) is 3. The zero-order chi connectivity index (χ0) is 14.8. The van der Waals surface area contributed by atoms with Gasteiger partial charge in [-0.15, -0.1) is 12.4 Å². The Hall–Kier alpha value is -2.53. The van der Waals surface area contributed by atoms with Crippen LogP contribution in [-0.2, 0) is 0 Å². The van der Waals surface area contributed by atoms with Crippen LogP contribution in [0.2, 0.25) is 0 Å². The molecule has 0 aliphatic heterocycles. The van der Waals surface area contributed by atoms with Gasteiger partial charge in [0, 0.05) is 19.5 Å². The van der Waals surface area contributed by atoms with Gasteiger partial charge in [-0.1, -0.05) is 24.3 Å². The quantitative estimate of drug-likeness (QED) is 0.723. The van der Waals surface area contributed by atoms with Crippen LogP contribution >= 0.6 is 12.4 Å². The molecule has 2 N–H and O–H groups in total.